The number of aromatic nitrogens is 1. The Morgan fingerprint density at radius 3 is 2.62 bits per heavy atom. The van der Waals surface area contributed by atoms with E-state index in [0.29, 0.717) is 12.5 Å². The van der Waals surface area contributed by atoms with Crippen LogP contribution in [0.3, 0.4) is 0 Å². The zero-order valence-corrected chi connectivity index (χ0v) is 8.58. The molecule has 1 rings (SSSR count). The van der Waals surface area contributed by atoms with E-state index in [-0.39, 0.29) is 0 Å². The first kappa shape index (κ1) is 10.0. The molecule has 0 radical (unpaired) electrons. The predicted octanol–water partition coefficient (Wildman–Crippen LogP) is 2.68. The van der Waals surface area contributed by atoms with Gasteiger partial charge in [0.15, 0.2) is 0 Å². The van der Waals surface area contributed by atoms with Crippen LogP contribution in [0.25, 0.3) is 0 Å². The van der Waals surface area contributed by atoms with E-state index in [1.165, 1.54) is 5.56 Å². The molecule has 1 aromatic rings. The number of rotatable bonds is 4. The molecular formula is C11H17NO. The van der Waals surface area contributed by atoms with Gasteiger partial charge in [-0.2, -0.15) is 0 Å². The molecule has 1 aromatic heterocycles. The maximum absolute atomic E-state index is 5.25. The summed E-state index contributed by atoms with van der Waals surface area (Å²) < 4.78 is 5.25. The predicted molar refractivity (Wildman–Crippen MR) is 53.9 cm³/mol. The molecule has 0 aromatic carbocycles. The lowest BCUT2D eigenvalue weighted by molar-refractivity contribution is 0.326. The molecule has 0 fully saturated rings. The monoisotopic (exact) mass is 179 g/mol. The van der Waals surface area contributed by atoms with Crippen molar-refractivity contribution in [1.29, 1.82) is 0 Å². The average molecular weight is 179 g/mol. The first-order chi connectivity index (χ1) is 6.22. The molecule has 0 saturated heterocycles. The molecule has 2 heteroatoms. The Morgan fingerprint density at radius 2 is 2.15 bits per heavy atom. The van der Waals surface area contributed by atoms with Crippen LogP contribution in [-0.2, 0) is 6.42 Å². The van der Waals surface area contributed by atoms with Gasteiger partial charge in [0.2, 0.25) is 5.88 Å². The van der Waals surface area contributed by atoms with Crippen LogP contribution >= 0.6 is 0 Å². The van der Waals surface area contributed by atoms with Crippen LogP contribution in [0.5, 0.6) is 5.88 Å². The van der Waals surface area contributed by atoms with Gasteiger partial charge in [-0.3, -0.25) is 0 Å². The molecule has 0 atom stereocenters. The van der Waals surface area contributed by atoms with E-state index in [9.17, 15) is 0 Å². The van der Waals surface area contributed by atoms with Gasteiger partial charge in [-0.1, -0.05) is 19.9 Å². The zero-order chi connectivity index (χ0) is 9.68. The van der Waals surface area contributed by atoms with Crippen molar-refractivity contribution in [3.8, 4) is 5.88 Å². The van der Waals surface area contributed by atoms with Gasteiger partial charge in [-0.05, 0) is 24.8 Å². The van der Waals surface area contributed by atoms with Gasteiger partial charge in [0, 0.05) is 12.3 Å². The van der Waals surface area contributed by atoms with Gasteiger partial charge in [-0.25, -0.2) is 4.98 Å². The summed E-state index contributed by atoms with van der Waals surface area (Å²) in [6, 6.07) is 4.01. The molecule has 0 aliphatic carbocycles. The Hall–Kier alpha value is -1.05. The van der Waals surface area contributed by atoms with Crippen molar-refractivity contribution < 1.29 is 4.74 Å². The molecular weight excluding hydrogens is 162 g/mol. The zero-order valence-electron chi connectivity index (χ0n) is 8.58. The van der Waals surface area contributed by atoms with Crippen LogP contribution in [0.2, 0.25) is 0 Å². The maximum Gasteiger partial charge on any atom is 0.213 e. The van der Waals surface area contributed by atoms with Gasteiger partial charge < -0.3 is 4.74 Å². The second-order valence-electron chi connectivity index (χ2n) is 3.54. The van der Waals surface area contributed by atoms with Gasteiger partial charge in [0.05, 0.1) is 6.61 Å². The third-order valence-electron chi connectivity index (χ3n) is 1.73. The molecule has 0 aliphatic heterocycles. The van der Waals surface area contributed by atoms with Crippen molar-refractivity contribution in [3.63, 3.8) is 0 Å². The fraction of sp³-hybridized carbons (Fsp3) is 0.545. The van der Waals surface area contributed by atoms with Crippen molar-refractivity contribution in [3.05, 3.63) is 23.9 Å². The van der Waals surface area contributed by atoms with Gasteiger partial charge in [0.25, 0.3) is 0 Å². The molecule has 0 N–H and O–H groups in total. The molecule has 0 saturated carbocycles. The summed E-state index contributed by atoms with van der Waals surface area (Å²) in [5.74, 6) is 1.40. The van der Waals surface area contributed by atoms with Crippen molar-refractivity contribution in [2.75, 3.05) is 6.61 Å². The topological polar surface area (TPSA) is 22.1 Å². The fourth-order valence-electron chi connectivity index (χ4n) is 1.24. The number of nitrogens with zero attached hydrogens (tertiary/aromatic N) is 1. The van der Waals surface area contributed by atoms with Crippen LogP contribution in [0.4, 0.5) is 0 Å². The third kappa shape index (κ3) is 3.45. The summed E-state index contributed by atoms with van der Waals surface area (Å²) in [7, 11) is 0. The number of hydrogen-bond acceptors (Lipinski definition) is 2. The second-order valence-corrected chi connectivity index (χ2v) is 3.54. The Labute approximate surface area is 80.0 Å². The largest absolute Gasteiger partial charge is 0.478 e. The third-order valence-corrected chi connectivity index (χ3v) is 1.73. The van der Waals surface area contributed by atoms with Crippen LogP contribution in [0, 0.1) is 5.92 Å². The summed E-state index contributed by atoms with van der Waals surface area (Å²) in [5, 5.41) is 0. The van der Waals surface area contributed by atoms with E-state index in [4.69, 9.17) is 4.74 Å². The molecule has 1 heterocycles. The molecule has 2 nitrogen and oxygen atoms in total. The average Bonchev–Trinajstić information content (AvgIpc) is 2.08. The molecule has 0 aliphatic rings. The van der Waals surface area contributed by atoms with Crippen LogP contribution < -0.4 is 4.74 Å². The summed E-state index contributed by atoms with van der Waals surface area (Å²) in [6.45, 7) is 7.05. The van der Waals surface area contributed by atoms with E-state index in [0.717, 1.165) is 12.3 Å². The first-order valence-corrected chi connectivity index (χ1v) is 4.80. The van der Waals surface area contributed by atoms with Crippen molar-refractivity contribution in [2.24, 2.45) is 5.92 Å². The van der Waals surface area contributed by atoms with E-state index in [1.807, 2.05) is 19.2 Å². The second kappa shape index (κ2) is 4.85. The minimum absolute atomic E-state index is 0.677. The molecule has 72 valence electrons. The van der Waals surface area contributed by atoms with Crippen LogP contribution in [0.1, 0.15) is 26.3 Å². The lowest BCUT2D eigenvalue weighted by Crippen LogP contribution is -1.97. The van der Waals surface area contributed by atoms with Crippen molar-refractivity contribution in [1.82, 2.24) is 4.98 Å². The highest BCUT2D eigenvalue weighted by Crippen LogP contribution is 2.10. The highest BCUT2D eigenvalue weighted by Gasteiger charge is 1.98. The van der Waals surface area contributed by atoms with E-state index < -0.39 is 0 Å². The first-order valence-electron chi connectivity index (χ1n) is 4.80. The number of ether oxygens (including phenoxy) is 1. The van der Waals surface area contributed by atoms with E-state index in [1.54, 1.807) is 0 Å². The van der Waals surface area contributed by atoms with Gasteiger partial charge in [0.1, 0.15) is 0 Å². The molecule has 0 bridgehead atoms. The summed E-state index contributed by atoms with van der Waals surface area (Å²) >= 11 is 0. The lowest BCUT2D eigenvalue weighted by atomic mass is 10.1. The Kier molecular flexibility index (Phi) is 3.74. The lowest BCUT2D eigenvalue weighted by Gasteiger charge is -2.05. The summed E-state index contributed by atoms with van der Waals surface area (Å²) in [6.07, 6.45) is 2.98. The normalized spacial score (nSPS) is 10.5. The minimum atomic E-state index is 0.677. The van der Waals surface area contributed by atoms with Crippen molar-refractivity contribution in [2.45, 2.75) is 27.2 Å². The molecule has 0 amide bonds. The smallest absolute Gasteiger partial charge is 0.213 e. The number of hydrogen-bond donors (Lipinski definition) is 0. The Morgan fingerprint density at radius 1 is 1.38 bits per heavy atom. The highest BCUT2D eigenvalue weighted by atomic mass is 16.5. The van der Waals surface area contributed by atoms with E-state index in [2.05, 4.69) is 24.9 Å². The van der Waals surface area contributed by atoms with E-state index >= 15 is 0 Å². The molecule has 13 heavy (non-hydrogen) atoms. The fourth-order valence-corrected chi connectivity index (χ4v) is 1.24. The minimum Gasteiger partial charge on any atom is -0.478 e. The Balaban J connectivity index is 2.59. The maximum atomic E-state index is 5.25. The Bertz CT molecular complexity index is 241. The summed E-state index contributed by atoms with van der Waals surface area (Å²) in [4.78, 5) is 4.20. The summed E-state index contributed by atoms with van der Waals surface area (Å²) in [5.41, 5.74) is 1.28. The van der Waals surface area contributed by atoms with Crippen LogP contribution in [0.15, 0.2) is 18.3 Å². The molecule has 0 unspecified atom stereocenters. The van der Waals surface area contributed by atoms with Gasteiger partial charge in [-0.15, -0.1) is 0 Å². The highest BCUT2D eigenvalue weighted by molar-refractivity contribution is 5.18. The van der Waals surface area contributed by atoms with Crippen LogP contribution in [-0.4, -0.2) is 11.6 Å². The van der Waals surface area contributed by atoms with Gasteiger partial charge >= 0.3 is 0 Å². The van der Waals surface area contributed by atoms with Crippen molar-refractivity contribution >= 4 is 0 Å². The standard InChI is InChI=1S/C11H17NO/c1-4-13-11-6-5-10(8-12-11)7-9(2)3/h5-6,8-9H,4,7H2,1-3H3. The SMILES string of the molecule is CCOc1ccc(CC(C)C)cn1. The molecule has 0 spiro atoms. The quantitative estimate of drug-likeness (QED) is 0.709. The number of pyridine rings is 1.